The van der Waals surface area contributed by atoms with Crippen LogP contribution in [0.5, 0.6) is 11.5 Å². The lowest BCUT2D eigenvalue weighted by atomic mass is 10.1. The molecule has 0 saturated carbocycles. The predicted molar refractivity (Wildman–Crippen MR) is 79.8 cm³/mol. The first-order chi connectivity index (χ1) is 10.3. The number of nitrogens with zero attached hydrogens (tertiary/aromatic N) is 3. The highest BCUT2D eigenvalue weighted by Crippen LogP contribution is 2.35. The number of hydrogen-bond acceptors (Lipinski definition) is 6. The lowest BCUT2D eigenvalue weighted by Gasteiger charge is -2.11. The van der Waals surface area contributed by atoms with Gasteiger partial charge in [0.2, 0.25) is 5.95 Å². The van der Waals surface area contributed by atoms with Crippen molar-refractivity contribution in [3.8, 4) is 22.8 Å². The Morgan fingerprint density at radius 3 is 2.71 bits per heavy atom. The molecule has 0 aliphatic carbocycles. The number of rotatable bonds is 4. The Morgan fingerprint density at radius 2 is 2.00 bits per heavy atom. The maximum Gasteiger partial charge on any atom is 0.225 e. The van der Waals surface area contributed by atoms with E-state index in [1.165, 1.54) is 0 Å². The monoisotopic (exact) mass is 285 g/mol. The normalized spacial score (nSPS) is 10.6. The third kappa shape index (κ3) is 2.22. The van der Waals surface area contributed by atoms with E-state index in [9.17, 15) is 0 Å². The molecule has 21 heavy (non-hydrogen) atoms. The molecular formula is C14H15N5O2. The largest absolute Gasteiger partial charge is 0.497 e. The summed E-state index contributed by atoms with van der Waals surface area (Å²) >= 11 is 0. The van der Waals surface area contributed by atoms with Crippen LogP contribution in [0.1, 0.15) is 0 Å². The summed E-state index contributed by atoms with van der Waals surface area (Å²) in [6.45, 7) is 0. The summed E-state index contributed by atoms with van der Waals surface area (Å²) in [6.07, 6.45) is 1.70. The quantitative estimate of drug-likeness (QED) is 0.763. The van der Waals surface area contributed by atoms with Gasteiger partial charge in [-0.15, -0.1) is 0 Å². The van der Waals surface area contributed by atoms with E-state index in [-0.39, 0.29) is 0 Å². The molecule has 0 amide bonds. The van der Waals surface area contributed by atoms with Crippen molar-refractivity contribution in [1.82, 2.24) is 20.2 Å². The first-order valence-electron chi connectivity index (χ1n) is 6.38. The van der Waals surface area contributed by atoms with Gasteiger partial charge >= 0.3 is 0 Å². The Bertz CT molecular complexity index is 784. The molecule has 0 radical (unpaired) electrons. The van der Waals surface area contributed by atoms with E-state index in [1.54, 1.807) is 27.5 Å². The number of hydrogen-bond donors (Lipinski definition) is 2. The second kappa shape index (κ2) is 5.28. The fourth-order valence-electron chi connectivity index (χ4n) is 2.15. The molecular weight excluding hydrogens is 270 g/mol. The molecule has 0 aliphatic rings. The van der Waals surface area contributed by atoms with Crippen molar-refractivity contribution in [2.45, 2.75) is 0 Å². The molecule has 3 rings (SSSR count). The predicted octanol–water partition coefficient (Wildman–Crippen LogP) is 2.08. The van der Waals surface area contributed by atoms with Crippen LogP contribution < -0.4 is 14.8 Å². The first kappa shape index (κ1) is 13.2. The van der Waals surface area contributed by atoms with Gasteiger partial charge in [-0.3, -0.25) is 5.10 Å². The molecule has 3 aromatic rings. The molecule has 0 spiro atoms. The number of aromatic amines is 1. The Balaban J connectivity index is 2.30. The molecule has 2 aromatic heterocycles. The zero-order valence-electron chi connectivity index (χ0n) is 12.0. The van der Waals surface area contributed by atoms with Crippen LogP contribution in [0, 0.1) is 0 Å². The molecule has 0 aliphatic heterocycles. The average Bonchev–Trinajstić information content (AvgIpc) is 3.01. The highest BCUT2D eigenvalue weighted by molar-refractivity contribution is 5.92. The summed E-state index contributed by atoms with van der Waals surface area (Å²) in [5.41, 5.74) is 2.21. The minimum atomic E-state index is 0.506. The maximum absolute atomic E-state index is 5.43. The third-order valence-electron chi connectivity index (χ3n) is 3.20. The van der Waals surface area contributed by atoms with Crippen molar-refractivity contribution < 1.29 is 9.47 Å². The molecule has 2 heterocycles. The highest BCUT2D eigenvalue weighted by Gasteiger charge is 2.15. The number of nitrogens with one attached hydrogen (secondary N) is 2. The Labute approximate surface area is 121 Å². The van der Waals surface area contributed by atoms with Gasteiger partial charge in [0, 0.05) is 12.6 Å². The van der Waals surface area contributed by atoms with E-state index in [4.69, 9.17) is 9.47 Å². The zero-order valence-corrected chi connectivity index (χ0v) is 12.0. The van der Waals surface area contributed by atoms with E-state index < -0.39 is 0 Å². The summed E-state index contributed by atoms with van der Waals surface area (Å²) in [6, 6.07) is 5.57. The lowest BCUT2D eigenvalue weighted by molar-refractivity contribution is 0.404. The van der Waals surface area contributed by atoms with Gasteiger partial charge in [-0.05, 0) is 18.2 Å². The van der Waals surface area contributed by atoms with E-state index in [2.05, 4.69) is 25.5 Å². The Hall–Kier alpha value is -2.83. The van der Waals surface area contributed by atoms with Crippen molar-refractivity contribution in [2.75, 3.05) is 26.6 Å². The van der Waals surface area contributed by atoms with E-state index in [0.717, 1.165) is 22.4 Å². The zero-order chi connectivity index (χ0) is 14.8. The van der Waals surface area contributed by atoms with Crippen molar-refractivity contribution >= 4 is 17.0 Å². The number of fused-ring (bicyclic) bond motifs is 1. The van der Waals surface area contributed by atoms with Crippen LogP contribution in [0.4, 0.5) is 5.95 Å². The van der Waals surface area contributed by atoms with Gasteiger partial charge in [-0.1, -0.05) is 0 Å². The van der Waals surface area contributed by atoms with Crippen LogP contribution in [0.2, 0.25) is 0 Å². The minimum absolute atomic E-state index is 0.506. The summed E-state index contributed by atoms with van der Waals surface area (Å²) in [5.74, 6) is 1.94. The van der Waals surface area contributed by atoms with E-state index >= 15 is 0 Å². The second-order valence-corrected chi connectivity index (χ2v) is 4.34. The molecule has 0 saturated heterocycles. The molecule has 7 heteroatoms. The molecule has 0 atom stereocenters. The van der Waals surface area contributed by atoms with Crippen LogP contribution in [0.25, 0.3) is 22.3 Å². The number of aromatic nitrogens is 4. The minimum Gasteiger partial charge on any atom is -0.497 e. The fourth-order valence-corrected chi connectivity index (χ4v) is 2.15. The summed E-state index contributed by atoms with van der Waals surface area (Å²) in [5, 5.41) is 10.7. The molecule has 1 aromatic carbocycles. The standard InChI is InChI=1S/C14H15N5O2/c1-15-14-17-12(10-7-16-19-13(10)18-14)9-6-8(20-2)4-5-11(9)21-3/h4-7H,1-3H3,(H2,15,16,17,18,19). The topological polar surface area (TPSA) is 85.0 Å². The molecule has 108 valence electrons. The van der Waals surface area contributed by atoms with Gasteiger partial charge < -0.3 is 14.8 Å². The molecule has 0 unspecified atom stereocenters. The van der Waals surface area contributed by atoms with Gasteiger partial charge in [0.15, 0.2) is 5.65 Å². The smallest absolute Gasteiger partial charge is 0.225 e. The van der Waals surface area contributed by atoms with Crippen molar-refractivity contribution in [1.29, 1.82) is 0 Å². The van der Waals surface area contributed by atoms with Gasteiger partial charge in [0.25, 0.3) is 0 Å². The Kier molecular flexibility index (Phi) is 3.31. The average molecular weight is 285 g/mol. The van der Waals surface area contributed by atoms with Crippen molar-refractivity contribution in [3.05, 3.63) is 24.4 Å². The van der Waals surface area contributed by atoms with Crippen LogP contribution in [0.3, 0.4) is 0 Å². The van der Waals surface area contributed by atoms with Gasteiger partial charge in [-0.25, -0.2) is 4.98 Å². The van der Waals surface area contributed by atoms with Crippen LogP contribution in [-0.4, -0.2) is 41.4 Å². The number of methoxy groups -OCH3 is 2. The maximum atomic E-state index is 5.43. The van der Waals surface area contributed by atoms with E-state index in [1.807, 2.05) is 18.2 Å². The van der Waals surface area contributed by atoms with E-state index in [0.29, 0.717) is 17.3 Å². The number of anilines is 1. The number of H-pyrrole nitrogens is 1. The Morgan fingerprint density at radius 1 is 1.14 bits per heavy atom. The van der Waals surface area contributed by atoms with Crippen LogP contribution in [-0.2, 0) is 0 Å². The van der Waals surface area contributed by atoms with Crippen molar-refractivity contribution in [3.63, 3.8) is 0 Å². The second-order valence-electron chi connectivity index (χ2n) is 4.34. The number of benzene rings is 1. The molecule has 0 fully saturated rings. The first-order valence-corrected chi connectivity index (χ1v) is 6.38. The van der Waals surface area contributed by atoms with Gasteiger partial charge in [0.1, 0.15) is 11.5 Å². The van der Waals surface area contributed by atoms with Crippen molar-refractivity contribution in [2.24, 2.45) is 0 Å². The molecule has 7 nitrogen and oxygen atoms in total. The summed E-state index contributed by atoms with van der Waals surface area (Å²) in [7, 11) is 5.01. The van der Waals surface area contributed by atoms with Gasteiger partial charge in [-0.2, -0.15) is 10.1 Å². The fraction of sp³-hybridized carbons (Fsp3) is 0.214. The third-order valence-corrected chi connectivity index (χ3v) is 3.20. The SMILES string of the molecule is CNc1nc(-c2cc(OC)ccc2OC)c2cn[nH]c2n1. The lowest BCUT2D eigenvalue weighted by Crippen LogP contribution is -1.99. The molecule has 2 N–H and O–H groups in total. The highest BCUT2D eigenvalue weighted by atomic mass is 16.5. The molecule has 0 bridgehead atoms. The van der Waals surface area contributed by atoms with Crippen LogP contribution in [0.15, 0.2) is 24.4 Å². The van der Waals surface area contributed by atoms with Gasteiger partial charge in [0.05, 0.1) is 31.5 Å². The van der Waals surface area contributed by atoms with Crippen LogP contribution >= 0.6 is 0 Å². The number of ether oxygens (including phenoxy) is 2. The summed E-state index contributed by atoms with van der Waals surface area (Å²) in [4.78, 5) is 8.85. The summed E-state index contributed by atoms with van der Waals surface area (Å²) < 4.78 is 10.7.